The average molecular weight is 343 g/mol. The monoisotopic (exact) mass is 343 g/mol. The molecule has 3 aromatic rings. The van der Waals surface area contributed by atoms with E-state index in [1.165, 1.54) is 35.9 Å². The second-order valence-corrected chi connectivity index (χ2v) is 6.16. The fraction of sp³-hybridized carbons (Fsp3) is 0.300. The quantitative estimate of drug-likeness (QED) is 0.619. The maximum atomic E-state index is 13.0. The Labute approximate surface area is 146 Å². The van der Waals surface area contributed by atoms with E-state index in [1.54, 1.807) is 12.1 Å². The van der Waals surface area contributed by atoms with Crippen molar-refractivity contribution in [1.29, 1.82) is 0 Å². The summed E-state index contributed by atoms with van der Waals surface area (Å²) in [4.78, 5) is 3.40. The molecular weight excluding hydrogens is 320 g/mol. The van der Waals surface area contributed by atoms with Gasteiger partial charge in [-0.2, -0.15) is 0 Å². The SMILES string of the molecule is CF.Fc1ccc(Nc2ccc3c(C4CCNCC4)c[nH]c3c2)cc1. The Morgan fingerprint density at radius 2 is 1.64 bits per heavy atom. The Kier molecular flexibility index (Phi) is 5.66. The Hall–Kier alpha value is -2.40. The number of aromatic nitrogens is 1. The lowest BCUT2D eigenvalue weighted by Crippen LogP contribution is -2.26. The zero-order valence-electron chi connectivity index (χ0n) is 14.3. The van der Waals surface area contributed by atoms with Crippen molar-refractivity contribution in [2.75, 3.05) is 25.6 Å². The Morgan fingerprint density at radius 3 is 2.36 bits per heavy atom. The summed E-state index contributed by atoms with van der Waals surface area (Å²) in [5, 5.41) is 8.04. The van der Waals surface area contributed by atoms with Gasteiger partial charge in [-0.1, -0.05) is 6.07 Å². The van der Waals surface area contributed by atoms with Crippen LogP contribution in [0.3, 0.4) is 0 Å². The molecule has 1 aliphatic rings. The summed E-state index contributed by atoms with van der Waals surface area (Å²) < 4.78 is 22.5. The van der Waals surface area contributed by atoms with Gasteiger partial charge < -0.3 is 15.6 Å². The van der Waals surface area contributed by atoms with Crippen molar-refractivity contribution in [1.82, 2.24) is 10.3 Å². The zero-order chi connectivity index (χ0) is 17.6. The molecule has 0 radical (unpaired) electrons. The molecular formula is C20H23F2N3. The van der Waals surface area contributed by atoms with E-state index >= 15 is 0 Å². The molecule has 0 bridgehead atoms. The van der Waals surface area contributed by atoms with E-state index < -0.39 is 0 Å². The van der Waals surface area contributed by atoms with E-state index in [4.69, 9.17) is 0 Å². The van der Waals surface area contributed by atoms with E-state index in [2.05, 4.69) is 40.0 Å². The van der Waals surface area contributed by atoms with Crippen LogP contribution < -0.4 is 10.6 Å². The van der Waals surface area contributed by atoms with E-state index in [1.807, 2.05) is 0 Å². The van der Waals surface area contributed by atoms with Gasteiger partial charge in [0, 0.05) is 28.5 Å². The van der Waals surface area contributed by atoms with Gasteiger partial charge in [0.05, 0.1) is 7.18 Å². The fourth-order valence-corrected chi connectivity index (χ4v) is 3.40. The van der Waals surface area contributed by atoms with Crippen LogP contribution in [0.5, 0.6) is 0 Å². The number of hydrogen-bond acceptors (Lipinski definition) is 2. The first kappa shape index (κ1) is 17.4. The number of rotatable bonds is 3. The van der Waals surface area contributed by atoms with Crippen LogP contribution in [0, 0.1) is 5.82 Å². The first-order valence-electron chi connectivity index (χ1n) is 8.52. The molecule has 0 aliphatic carbocycles. The van der Waals surface area contributed by atoms with Gasteiger partial charge in [0.2, 0.25) is 0 Å². The molecule has 0 amide bonds. The van der Waals surface area contributed by atoms with Gasteiger partial charge in [0.1, 0.15) is 5.82 Å². The highest BCUT2D eigenvalue weighted by Gasteiger charge is 2.18. The molecule has 3 nitrogen and oxygen atoms in total. The number of nitrogens with one attached hydrogen (secondary N) is 3. The number of halogens is 2. The highest BCUT2D eigenvalue weighted by Crippen LogP contribution is 2.33. The topological polar surface area (TPSA) is 39.8 Å². The van der Waals surface area contributed by atoms with Crippen LogP contribution >= 0.6 is 0 Å². The second-order valence-electron chi connectivity index (χ2n) is 6.16. The second kappa shape index (κ2) is 8.12. The lowest BCUT2D eigenvalue weighted by molar-refractivity contribution is 0.462. The largest absolute Gasteiger partial charge is 0.361 e. The molecule has 25 heavy (non-hydrogen) atoms. The molecule has 1 aliphatic heterocycles. The van der Waals surface area contributed by atoms with Gasteiger partial charge in [0.25, 0.3) is 0 Å². The van der Waals surface area contributed by atoms with E-state index in [0.717, 1.165) is 30.0 Å². The molecule has 0 spiro atoms. The highest BCUT2D eigenvalue weighted by atomic mass is 19.1. The molecule has 0 atom stereocenters. The minimum Gasteiger partial charge on any atom is -0.361 e. The standard InChI is InChI=1S/C19H20FN3.CH3F/c20-14-1-3-15(4-2-14)23-16-5-6-17-18(12-22-19(17)11-16)13-7-9-21-10-8-13;1-2/h1-6,11-13,21-23H,7-10H2;1H3. The van der Waals surface area contributed by atoms with Crippen molar-refractivity contribution >= 4 is 22.3 Å². The molecule has 2 aromatic carbocycles. The van der Waals surface area contributed by atoms with E-state index in [0.29, 0.717) is 13.1 Å². The van der Waals surface area contributed by atoms with Crippen LogP contribution in [0.2, 0.25) is 0 Å². The van der Waals surface area contributed by atoms with Gasteiger partial charge in [-0.15, -0.1) is 0 Å². The van der Waals surface area contributed by atoms with Crippen LogP contribution in [0.15, 0.2) is 48.7 Å². The van der Waals surface area contributed by atoms with Crippen LogP contribution in [0.1, 0.15) is 24.3 Å². The summed E-state index contributed by atoms with van der Waals surface area (Å²) in [7, 11) is 0.500. The Bertz CT molecular complexity index is 805. The first-order chi connectivity index (χ1) is 12.3. The lowest BCUT2D eigenvalue weighted by Gasteiger charge is -2.22. The Morgan fingerprint density at radius 1 is 0.960 bits per heavy atom. The Balaban J connectivity index is 0.000000880. The van der Waals surface area contributed by atoms with Gasteiger partial charge in [-0.25, -0.2) is 4.39 Å². The zero-order valence-corrected chi connectivity index (χ0v) is 14.3. The van der Waals surface area contributed by atoms with E-state index in [-0.39, 0.29) is 5.82 Å². The van der Waals surface area contributed by atoms with Gasteiger partial charge in [-0.05, 0) is 73.8 Å². The summed E-state index contributed by atoms with van der Waals surface area (Å²) in [5.41, 5.74) is 4.46. The van der Waals surface area contributed by atoms with Crippen LogP contribution in [-0.4, -0.2) is 25.3 Å². The third-order valence-corrected chi connectivity index (χ3v) is 4.63. The number of benzene rings is 2. The third-order valence-electron chi connectivity index (χ3n) is 4.63. The fourth-order valence-electron chi connectivity index (χ4n) is 3.40. The minimum atomic E-state index is -0.220. The number of alkyl halides is 1. The number of H-pyrrole nitrogens is 1. The van der Waals surface area contributed by atoms with Crippen molar-refractivity contribution in [3.63, 3.8) is 0 Å². The van der Waals surface area contributed by atoms with Crippen molar-refractivity contribution in [2.45, 2.75) is 18.8 Å². The maximum absolute atomic E-state index is 13.0. The number of aromatic amines is 1. The van der Waals surface area contributed by atoms with Crippen LogP contribution in [-0.2, 0) is 0 Å². The molecule has 1 fully saturated rings. The molecule has 2 heterocycles. The number of hydrogen-bond donors (Lipinski definition) is 3. The summed E-state index contributed by atoms with van der Waals surface area (Å²) in [6, 6.07) is 12.8. The predicted molar refractivity (Wildman–Crippen MR) is 99.9 cm³/mol. The first-order valence-corrected chi connectivity index (χ1v) is 8.52. The van der Waals surface area contributed by atoms with Gasteiger partial charge in [-0.3, -0.25) is 4.39 Å². The molecule has 4 rings (SSSR count). The molecule has 1 saturated heterocycles. The van der Waals surface area contributed by atoms with Gasteiger partial charge >= 0.3 is 0 Å². The van der Waals surface area contributed by atoms with E-state index in [9.17, 15) is 8.78 Å². The summed E-state index contributed by atoms with van der Waals surface area (Å²) in [6.07, 6.45) is 4.55. The van der Waals surface area contributed by atoms with Crippen LogP contribution in [0.4, 0.5) is 20.2 Å². The molecule has 0 unspecified atom stereocenters. The van der Waals surface area contributed by atoms with Crippen molar-refractivity contribution in [2.24, 2.45) is 0 Å². The van der Waals surface area contributed by atoms with Crippen molar-refractivity contribution < 1.29 is 8.78 Å². The summed E-state index contributed by atoms with van der Waals surface area (Å²) >= 11 is 0. The lowest BCUT2D eigenvalue weighted by atomic mass is 9.90. The van der Waals surface area contributed by atoms with Crippen molar-refractivity contribution in [3.8, 4) is 0 Å². The normalized spacial score (nSPS) is 14.8. The maximum Gasteiger partial charge on any atom is 0.123 e. The average Bonchev–Trinajstić information content (AvgIpc) is 3.09. The molecule has 5 heteroatoms. The minimum absolute atomic E-state index is 0.220. The van der Waals surface area contributed by atoms with Gasteiger partial charge in [0.15, 0.2) is 0 Å². The third kappa shape index (κ3) is 3.99. The van der Waals surface area contributed by atoms with Crippen molar-refractivity contribution in [3.05, 3.63) is 60.0 Å². The highest BCUT2D eigenvalue weighted by molar-refractivity contribution is 5.87. The number of piperidine rings is 1. The summed E-state index contributed by atoms with van der Waals surface area (Å²) in [6.45, 7) is 2.20. The molecule has 132 valence electrons. The smallest absolute Gasteiger partial charge is 0.123 e. The summed E-state index contributed by atoms with van der Waals surface area (Å²) in [5.74, 6) is 0.419. The predicted octanol–water partition coefficient (Wildman–Crippen LogP) is 5.10. The molecule has 1 aromatic heterocycles. The van der Waals surface area contributed by atoms with Crippen LogP contribution in [0.25, 0.3) is 10.9 Å². The number of fused-ring (bicyclic) bond motifs is 1. The molecule has 0 saturated carbocycles. The molecule has 3 N–H and O–H groups in total. The number of anilines is 2.